The number of aromatic nitrogens is 2. The van der Waals surface area contributed by atoms with Crippen molar-refractivity contribution in [2.75, 3.05) is 32.6 Å². The number of hydrogen-bond donors (Lipinski definition) is 1. The van der Waals surface area contributed by atoms with Gasteiger partial charge in [-0.2, -0.15) is 4.98 Å². The summed E-state index contributed by atoms with van der Waals surface area (Å²) in [4.78, 5) is 11.1. The predicted molar refractivity (Wildman–Crippen MR) is 72.0 cm³/mol. The van der Waals surface area contributed by atoms with Crippen LogP contribution in [0.15, 0.2) is 6.07 Å². The summed E-state index contributed by atoms with van der Waals surface area (Å²) in [5, 5.41) is 3.44. The number of rotatable bonds is 3. The van der Waals surface area contributed by atoms with E-state index in [0.29, 0.717) is 23.8 Å². The molecule has 2 rings (SSSR count). The molecule has 1 aromatic heterocycles. The third-order valence-electron chi connectivity index (χ3n) is 3.46. The van der Waals surface area contributed by atoms with Crippen molar-refractivity contribution in [3.05, 3.63) is 11.8 Å². The van der Waals surface area contributed by atoms with Crippen LogP contribution in [0.2, 0.25) is 0 Å². The standard InChI is InChI=1S/C13H22N4O/c1-9-8-17(3)6-5-11(9)15-13-14-10(2)7-12(16-13)18-4/h7,9,11H,5-6,8H2,1-4H3,(H,14,15,16). The molecular formula is C13H22N4O. The summed E-state index contributed by atoms with van der Waals surface area (Å²) >= 11 is 0. The van der Waals surface area contributed by atoms with Gasteiger partial charge in [0.05, 0.1) is 7.11 Å². The average Bonchev–Trinajstić information content (AvgIpc) is 2.32. The number of hydrogen-bond acceptors (Lipinski definition) is 5. The fourth-order valence-electron chi connectivity index (χ4n) is 2.44. The summed E-state index contributed by atoms with van der Waals surface area (Å²) in [6.07, 6.45) is 1.12. The molecule has 2 heterocycles. The first kappa shape index (κ1) is 13.1. The van der Waals surface area contributed by atoms with E-state index >= 15 is 0 Å². The summed E-state index contributed by atoms with van der Waals surface area (Å²) in [6.45, 7) is 6.44. The smallest absolute Gasteiger partial charge is 0.226 e. The molecule has 2 unspecified atom stereocenters. The van der Waals surface area contributed by atoms with Crippen molar-refractivity contribution in [1.82, 2.24) is 14.9 Å². The van der Waals surface area contributed by atoms with Gasteiger partial charge in [0.25, 0.3) is 0 Å². The van der Waals surface area contributed by atoms with Gasteiger partial charge < -0.3 is 15.0 Å². The molecule has 1 saturated heterocycles. The van der Waals surface area contributed by atoms with Gasteiger partial charge in [-0.05, 0) is 32.9 Å². The summed E-state index contributed by atoms with van der Waals surface area (Å²) in [5.74, 6) is 1.89. The number of piperidine rings is 1. The van der Waals surface area contributed by atoms with E-state index in [1.54, 1.807) is 7.11 Å². The summed E-state index contributed by atoms with van der Waals surface area (Å²) < 4.78 is 5.17. The summed E-state index contributed by atoms with van der Waals surface area (Å²) in [7, 11) is 3.79. The molecule has 1 N–H and O–H groups in total. The Morgan fingerprint density at radius 2 is 2.22 bits per heavy atom. The lowest BCUT2D eigenvalue weighted by Crippen LogP contribution is -2.43. The van der Waals surface area contributed by atoms with E-state index in [1.807, 2.05) is 13.0 Å². The highest BCUT2D eigenvalue weighted by atomic mass is 16.5. The van der Waals surface area contributed by atoms with Crippen LogP contribution in [-0.2, 0) is 0 Å². The molecule has 18 heavy (non-hydrogen) atoms. The second-order valence-corrected chi connectivity index (χ2v) is 5.15. The van der Waals surface area contributed by atoms with Crippen LogP contribution in [0, 0.1) is 12.8 Å². The lowest BCUT2D eigenvalue weighted by atomic mass is 9.94. The van der Waals surface area contributed by atoms with Crippen LogP contribution in [0.5, 0.6) is 5.88 Å². The topological polar surface area (TPSA) is 50.3 Å². The molecule has 2 atom stereocenters. The van der Waals surface area contributed by atoms with Gasteiger partial charge in [0.2, 0.25) is 11.8 Å². The van der Waals surface area contributed by atoms with Crippen LogP contribution < -0.4 is 10.1 Å². The number of nitrogens with one attached hydrogen (secondary N) is 1. The van der Waals surface area contributed by atoms with E-state index < -0.39 is 0 Å². The van der Waals surface area contributed by atoms with E-state index in [1.165, 1.54) is 0 Å². The van der Waals surface area contributed by atoms with Gasteiger partial charge in [0.15, 0.2) is 0 Å². The van der Waals surface area contributed by atoms with Crippen molar-refractivity contribution in [2.24, 2.45) is 5.92 Å². The first-order valence-electron chi connectivity index (χ1n) is 6.43. The zero-order chi connectivity index (χ0) is 13.1. The molecule has 5 heteroatoms. The third-order valence-corrected chi connectivity index (χ3v) is 3.46. The maximum atomic E-state index is 5.17. The van der Waals surface area contributed by atoms with Crippen LogP contribution in [-0.4, -0.2) is 48.2 Å². The highest BCUT2D eigenvalue weighted by molar-refractivity contribution is 5.32. The molecule has 1 aliphatic rings. The number of aryl methyl sites for hydroxylation is 1. The SMILES string of the molecule is COc1cc(C)nc(NC2CCN(C)CC2C)n1. The van der Waals surface area contributed by atoms with Crippen LogP contribution in [0.25, 0.3) is 0 Å². The molecule has 0 spiro atoms. The van der Waals surface area contributed by atoms with E-state index in [9.17, 15) is 0 Å². The average molecular weight is 250 g/mol. The number of anilines is 1. The first-order valence-corrected chi connectivity index (χ1v) is 6.43. The van der Waals surface area contributed by atoms with Crippen molar-refractivity contribution in [2.45, 2.75) is 26.3 Å². The Labute approximate surface area is 109 Å². The van der Waals surface area contributed by atoms with Crippen LogP contribution in [0.4, 0.5) is 5.95 Å². The third kappa shape index (κ3) is 3.10. The van der Waals surface area contributed by atoms with Gasteiger partial charge in [-0.3, -0.25) is 0 Å². The van der Waals surface area contributed by atoms with Gasteiger partial charge in [-0.25, -0.2) is 4.98 Å². The maximum Gasteiger partial charge on any atom is 0.226 e. The highest BCUT2D eigenvalue weighted by Crippen LogP contribution is 2.20. The minimum Gasteiger partial charge on any atom is -0.481 e. The Morgan fingerprint density at radius 1 is 1.44 bits per heavy atom. The molecule has 0 saturated carbocycles. The first-order chi connectivity index (χ1) is 8.58. The second kappa shape index (κ2) is 5.52. The highest BCUT2D eigenvalue weighted by Gasteiger charge is 2.24. The fourth-order valence-corrected chi connectivity index (χ4v) is 2.44. The number of methoxy groups -OCH3 is 1. The Hall–Kier alpha value is -1.36. The van der Waals surface area contributed by atoms with E-state index in [2.05, 4.69) is 34.2 Å². The van der Waals surface area contributed by atoms with Gasteiger partial charge >= 0.3 is 0 Å². The van der Waals surface area contributed by atoms with Gasteiger partial charge in [-0.1, -0.05) is 6.92 Å². The Bertz CT molecular complexity index is 410. The molecule has 5 nitrogen and oxygen atoms in total. The molecule has 0 aliphatic carbocycles. The van der Waals surface area contributed by atoms with Crippen LogP contribution in [0.3, 0.4) is 0 Å². The second-order valence-electron chi connectivity index (χ2n) is 5.15. The Balaban J connectivity index is 2.06. The molecule has 1 fully saturated rings. The van der Waals surface area contributed by atoms with Crippen LogP contribution >= 0.6 is 0 Å². The zero-order valence-electron chi connectivity index (χ0n) is 11.6. The molecule has 1 aliphatic heterocycles. The van der Waals surface area contributed by atoms with Crippen molar-refractivity contribution < 1.29 is 4.74 Å². The minimum absolute atomic E-state index is 0.438. The van der Waals surface area contributed by atoms with Crippen molar-refractivity contribution in [1.29, 1.82) is 0 Å². The lowest BCUT2D eigenvalue weighted by molar-refractivity contribution is 0.205. The molecular weight excluding hydrogens is 228 g/mol. The number of likely N-dealkylation sites (tertiary alicyclic amines) is 1. The maximum absolute atomic E-state index is 5.17. The van der Waals surface area contributed by atoms with Crippen molar-refractivity contribution in [3.8, 4) is 5.88 Å². The van der Waals surface area contributed by atoms with E-state index in [0.717, 1.165) is 25.2 Å². The molecule has 100 valence electrons. The summed E-state index contributed by atoms with van der Waals surface area (Å²) in [5.41, 5.74) is 0.921. The molecule has 0 radical (unpaired) electrons. The predicted octanol–water partition coefficient (Wildman–Crippen LogP) is 1.55. The minimum atomic E-state index is 0.438. The molecule has 0 amide bonds. The van der Waals surface area contributed by atoms with E-state index in [4.69, 9.17) is 4.74 Å². The largest absolute Gasteiger partial charge is 0.481 e. The van der Waals surface area contributed by atoms with Crippen molar-refractivity contribution in [3.63, 3.8) is 0 Å². The monoisotopic (exact) mass is 250 g/mol. The Kier molecular flexibility index (Phi) is 4.01. The zero-order valence-corrected chi connectivity index (χ0v) is 11.6. The summed E-state index contributed by atoms with van der Waals surface area (Å²) in [6, 6.07) is 2.27. The van der Waals surface area contributed by atoms with Gasteiger partial charge in [0.1, 0.15) is 0 Å². The van der Waals surface area contributed by atoms with E-state index in [-0.39, 0.29) is 0 Å². The van der Waals surface area contributed by atoms with Crippen LogP contribution in [0.1, 0.15) is 19.0 Å². The molecule has 0 aromatic carbocycles. The fraction of sp³-hybridized carbons (Fsp3) is 0.692. The molecule has 0 bridgehead atoms. The number of ether oxygens (including phenoxy) is 1. The number of nitrogens with zero attached hydrogens (tertiary/aromatic N) is 3. The Morgan fingerprint density at radius 3 is 2.89 bits per heavy atom. The quantitative estimate of drug-likeness (QED) is 0.882. The van der Waals surface area contributed by atoms with Gasteiger partial charge in [0, 0.05) is 24.3 Å². The lowest BCUT2D eigenvalue weighted by Gasteiger charge is -2.35. The van der Waals surface area contributed by atoms with Gasteiger partial charge in [-0.15, -0.1) is 0 Å². The van der Waals surface area contributed by atoms with Crippen molar-refractivity contribution >= 4 is 5.95 Å². The normalized spacial score (nSPS) is 24.9. The molecule has 1 aromatic rings.